The molecule has 2 atom stereocenters. The van der Waals surface area contributed by atoms with Gasteiger partial charge in [-0.1, -0.05) is 48.6 Å². The summed E-state index contributed by atoms with van der Waals surface area (Å²) in [7, 11) is 6.52. The molecule has 6 heteroatoms. The SMILES string of the molecule is COc1ccc(/C=C/Cc2cc(OC)c3c(c2)[C@@H](c2ccc(OC)cc2)[C@H](c2ccc(O)c(OC)c2)O3)cc1. The molecule has 0 aliphatic carbocycles. The predicted octanol–water partition coefficient (Wildman–Crippen LogP) is 6.95. The zero-order valence-corrected chi connectivity index (χ0v) is 22.5. The fraction of sp³-hybridized carbons (Fsp3) is 0.212. The maximum Gasteiger partial charge on any atom is 0.166 e. The summed E-state index contributed by atoms with van der Waals surface area (Å²) in [4.78, 5) is 0. The van der Waals surface area contributed by atoms with E-state index in [1.54, 1.807) is 34.5 Å². The Labute approximate surface area is 229 Å². The number of benzene rings is 4. The van der Waals surface area contributed by atoms with E-state index in [2.05, 4.69) is 30.4 Å². The fourth-order valence-electron chi connectivity index (χ4n) is 5.01. The number of phenols is 1. The van der Waals surface area contributed by atoms with E-state index in [0.29, 0.717) is 11.5 Å². The normalized spacial score (nSPS) is 16.0. The van der Waals surface area contributed by atoms with E-state index in [1.807, 2.05) is 54.6 Å². The highest BCUT2D eigenvalue weighted by Crippen LogP contribution is 2.54. The van der Waals surface area contributed by atoms with Gasteiger partial charge in [-0.15, -0.1) is 0 Å². The molecule has 0 bridgehead atoms. The molecule has 4 aromatic carbocycles. The molecule has 1 heterocycles. The molecule has 1 aliphatic heterocycles. The van der Waals surface area contributed by atoms with E-state index in [0.717, 1.165) is 51.5 Å². The Kier molecular flexibility index (Phi) is 7.64. The monoisotopic (exact) mass is 524 g/mol. The van der Waals surface area contributed by atoms with Crippen molar-refractivity contribution in [2.24, 2.45) is 0 Å². The van der Waals surface area contributed by atoms with E-state index >= 15 is 0 Å². The quantitative estimate of drug-likeness (QED) is 0.256. The summed E-state index contributed by atoms with van der Waals surface area (Å²) < 4.78 is 28.5. The van der Waals surface area contributed by atoms with Gasteiger partial charge in [-0.3, -0.25) is 0 Å². The first kappa shape index (κ1) is 26.0. The minimum absolute atomic E-state index is 0.0845. The maximum atomic E-state index is 10.2. The number of methoxy groups -OCH3 is 4. The number of rotatable bonds is 9. The lowest BCUT2D eigenvalue weighted by molar-refractivity contribution is 0.213. The van der Waals surface area contributed by atoms with Crippen LogP contribution in [0.2, 0.25) is 0 Å². The first-order valence-electron chi connectivity index (χ1n) is 12.7. The third-order valence-electron chi connectivity index (χ3n) is 7.03. The number of allylic oxidation sites excluding steroid dienone is 1. The summed E-state index contributed by atoms with van der Waals surface area (Å²) >= 11 is 0. The van der Waals surface area contributed by atoms with Crippen molar-refractivity contribution in [1.82, 2.24) is 0 Å². The summed E-state index contributed by atoms with van der Waals surface area (Å²) in [5.41, 5.74) is 5.24. The summed E-state index contributed by atoms with van der Waals surface area (Å²) in [5, 5.41) is 10.2. The number of hydrogen-bond acceptors (Lipinski definition) is 6. The zero-order chi connectivity index (χ0) is 27.4. The Bertz CT molecular complexity index is 1460. The first-order valence-corrected chi connectivity index (χ1v) is 12.7. The Hall–Kier alpha value is -4.58. The number of aromatic hydroxyl groups is 1. The number of hydrogen-bond donors (Lipinski definition) is 1. The lowest BCUT2D eigenvalue weighted by Gasteiger charge is -2.21. The van der Waals surface area contributed by atoms with Crippen LogP contribution in [-0.4, -0.2) is 33.5 Å². The summed E-state index contributed by atoms with van der Waals surface area (Å²) in [6.45, 7) is 0. The van der Waals surface area contributed by atoms with Crippen molar-refractivity contribution in [3.8, 4) is 34.5 Å². The van der Waals surface area contributed by atoms with Gasteiger partial charge >= 0.3 is 0 Å². The van der Waals surface area contributed by atoms with Crippen LogP contribution in [0.4, 0.5) is 0 Å². The fourth-order valence-corrected chi connectivity index (χ4v) is 5.01. The average molecular weight is 525 g/mol. The zero-order valence-electron chi connectivity index (χ0n) is 22.5. The van der Waals surface area contributed by atoms with Crippen molar-refractivity contribution < 1.29 is 28.8 Å². The summed E-state index contributed by atoms with van der Waals surface area (Å²) in [6.07, 6.45) is 4.62. The largest absolute Gasteiger partial charge is 0.504 e. The van der Waals surface area contributed by atoms with Gasteiger partial charge in [0.15, 0.2) is 23.0 Å². The maximum absolute atomic E-state index is 10.2. The third-order valence-corrected chi connectivity index (χ3v) is 7.03. The molecular formula is C33H32O6. The van der Waals surface area contributed by atoms with Crippen LogP contribution >= 0.6 is 0 Å². The van der Waals surface area contributed by atoms with Crippen LogP contribution in [0, 0.1) is 0 Å². The van der Waals surface area contributed by atoms with Gasteiger partial charge < -0.3 is 28.8 Å². The van der Waals surface area contributed by atoms with Gasteiger partial charge in [-0.25, -0.2) is 0 Å². The molecule has 5 rings (SSSR count). The molecule has 0 saturated carbocycles. The van der Waals surface area contributed by atoms with Crippen molar-refractivity contribution in [2.45, 2.75) is 18.4 Å². The molecule has 39 heavy (non-hydrogen) atoms. The molecule has 0 saturated heterocycles. The van der Waals surface area contributed by atoms with Gasteiger partial charge in [-0.05, 0) is 71.1 Å². The molecule has 0 unspecified atom stereocenters. The lowest BCUT2D eigenvalue weighted by Crippen LogP contribution is -2.11. The Morgan fingerprint density at radius 1 is 0.718 bits per heavy atom. The van der Waals surface area contributed by atoms with Crippen molar-refractivity contribution in [3.05, 3.63) is 113 Å². The van der Waals surface area contributed by atoms with Crippen molar-refractivity contribution in [3.63, 3.8) is 0 Å². The van der Waals surface area contributed by atoms with Gasteiger partial charge in [-0.2, -0.15) is 0 Å². The smallest absolute Gasteiger partial charge is 0.166 e. The highest BCUT2D eigenvalue weighted by molar-refractivity contribution is 5.59. The van der Waals surface area contributed by atoms with Crippen molar-refractivity contribution in [2.75, 3.05) is 28.4 Å². The second-order valence-electron chi connectivity index (χ2n) is 9.32. The highest BCUT2D eigenvalue weighted by Gasteiger charge is 2.39. The Balaban J connectivity index is 1.53. The second kappa shape index (κ2) is 11.4. The molecular weight excluding hydrogens is 492 g/mol. The molecule has 0 fully saturated rings. The van der Waals surface area contributed by atoms with Crippen LogP contribution in [-0.2, 0) is 6.42 Å². The van der Waals surface area contributed by atoms with Crippen LogP contribution in [0.25, 0.3) is 6.08 Å². The second-order valence-corrected chi connectivity index (χ2v) is 9.32. The number of fused-ring (bicyclic) bond motifs is 1. The minimum Gasteiger partial charge on any atom is -0.504 e. The topological polar surface area (TPSA) is 66.4 Å². The lowest BCUT2D eigenvalue weighted by atomic mass is 9.84. The Morgan fingerprint density at radius 3 is 2.00 bits per heavy atom. The van der Waals surface area contributed by atoms with Gasteiger partial charge in [0, 0.05) is 5.56 Å². The molecule has 1 N–H and O–H groups in total. The van der Waals surface area contributed by atoms with E-state index in [1.165, 1.54) is 0 Å². The minimum atomic E-state index is -0.345. The van der Waals surface area contributed by atoms with Gasteiger partial charge in [0.05, 0.1) is 34.4 Å². The van der Waals surface area contributed by atoms with Crippen LogP contribution in [0.1, 0.15) is 39.8 Å². The molecule has 1 aliphatic rings. The van der Waals surface area contributed by atoms with E-state index in [4.69, 9.17) is 23.7 Å². The summed E-state index contributed by atoms with van der Waals surface area (Å²) in [5.74, 6) is 3.40. The number of phenolic OH excluding ortho intramolecular Hbond substituents is 1. The molecule has 0 radical (unpaired) electrons. The van der Waals surface area contributed by atoms with Gasteiger partial charge in [0.25, 0.3) is 0 Å². The molecule has 0 spiro atoms. The van der Waals surface area contributed by atoms with E-state index in [-0.39, 0.29) is 17.8 Å². The van der Waals surface area contributed by atoms with Gasteiger partial charge in [0.1, 0.15) is 17.6 Å². The molecule has 0 aromatic heterocycles. The predicted molar refractivity (Wildman–Crippen MR) is 152 cm³/mol. The van der Waals surface area contributed by atoms with E-state index in [9.17, 15) is 5.11 Å². The number of ether oxygens (including phenoxy) is 5. The molecule has 6 nitrogen and oxygen atoms in total. The van der Waals surface area contributed by atoms with Crippen molar-refractivity contribution in [1.29, 1.82) is 0 Å². The average Bonchev–Trinajstić information content (AvgIpc) is 3.37. The van der Waals surface area contributed by atoms with E-state index < -0.39 is 0 Å². The molecule has 0 amide bonds. The standard InChI is InChI=1S/C33H32O6/c1-35-25-13-8-21(9-14-25)6-5-7-22-18-27-31(23-10-15-26(36-2)16-11-23)32(39-33(27)30(19-22)38-4)24-12-17-28(34)29(20-24)37-3/h5-6,8-20,31-32,34H,7H2,1-4H3/b6-5+/t31-,32+/m1/s1. The van der Waals surface area contributed by atoms with Crippen LogP contribution in [0.3, 0.4) is 0 Å². The summed E-state index contributed by atoms with van der Waals surface area (Å²) in [6, 6.07) is 25.6. The first-order chi connectivity index (χ1) is 19.0. The molecule has 4 aromatic rings. The molecule has 200 valence electrons. The Morgan fingerprint density at radius 2 is 1.36 bits per heavy atom. The van der Waals surface area contributed by atoms with Crippen molar-refractivity contribution >= 4 is 6.08 Å². The van der Waals surface area contributed by atoms with Gasteiger partial charge in [0.2, 0.25) is 0 Å². The highest BCUT2D eigenvalue weighted by atomic mass is 16.5. The van der Waals surface area contributed by atoms with Crippen LogP contribution in [0.5, 0.6) is 34.5 Å². The van der Waals surface area contributed by atoms with Crippen LogP contribution < -0.4 is 23.7 Å². The third kappa shape index (κ3) is 5.36. The van der Waals surface area contributed by atoms with Crippen LogP contribution in [0.15, 0.2) is 84.9 Å².